The quantitative estimate of drug-likeness (QED) is 0.751. The van der Waals surface area contributed by atoms with Crippen LogP contribution in [0.4, 0.5) is 0 Å². The van der Waals surface area contributed by atoms with E-state index in [0.29, 0.717) is 5.82 Å². The van der Waals surface area contributed by atoms with Crippen molar-refractivity contribution >= 4 is 15.8 Å². The van der Waals surface area contributed by atoms with Gasteiger partial charge in [-0.3, -0.25) is 0 Å². The lowest BCUT2D eigenvalue weighted by molar-refractivity contribution is 0.0522. The van der Waals surface area contributed by atoms with Gasteiger partial charge in [-0.1, -0.05) is 0 Å². The number of carbonyl (C=O) groups is 1. The van der Waals surface area contributed by atoms with Crippen molar-refractivity contribution in [2.45, 2.75) is 11.8 Å². The summed E-state index contributed by atoms with van der Waals surface area (Å²) in [6.45, 7) is 1.93. The Labute approximate surface area is 127 Å². The molecular formula is C13H15N3O5S. The zero-order chi connectivity index (χ0) is 16.3. The molecule has 0 N–H and O–H groups in total. The highest BCUT2D eigenvalue weighted by molar-refractivity contribution is 7.90. The van der Waals surface area contributed by atoms with E-state index in [9.17, 15) is 13.2 Å². The van der Waals surface area contributed by atoms with Gasteiger partial charge in [-0.25, -0.2) is 18.2 Å². The minimum atomic E-state index is -3.33. The molecule has 22 heavy (non-hydrogen) atoms. The smallest absolute Gasteiger partial charge is 0.345 e. The van der Waals surface area contributed by atoms with Gasteiger partial charge in [0.1, 0.15) is 5.56 Å². The number of carbonyl (C=O) groups excluding carboxylic acids is 1. The first-order valence-corrected chi connectivity index (χ1v) is 8.23. The number of esters is 1. The van der Waals surface area contributed by atoms with Crippen molar-refractivity contribution in [2.75, 3.05) is 20.0 Å². The zero-order valence-electron chi connectivity index (χ0n) is 12.3. The van der Waals surface area contributed by atoms with Gasteiger partial charge < -0.3 is 9.47 Å². The second-order valence-corrected chi connectivity index (χ2v) is 6.34. The Morgan fingerprint density at radius 3 is 2.55 bits per heavy atom. The second-order valence-electron chi connectivity index (χ2n) is 4.32. The van der Waals surface area contributed by atoms with Crippen LogP contribution in [0.15, 0.2) is 29.4 Å². The van der Waals surface area contributed by atoms with Crippen molar-refractivity contribution in [3.8, 4) is 11.7 Å². The maximum atomic E-state index is 11.8. The summed E-state index contributed by atoms with van der Waals surface area (Å²) < 4.78 is 34.2. The van der Waals surface area contributed by atoms with Gasteiger partial charge >= 0.3 is 5.97 Å². The molecule has 2 aromatic heterocycles. The van der Waals surface area contributed by atoms with E-state index in [0.717, 1.165) is 6.26 Å². The molecule has 0 amide bonds. The number of hydrogen-bond donors (Lipinski definition) is 0. The van der Waals surface area contributed by atoms with Crippen LogP contribution in [0.3, 0.4) is 0 Å². The van der Waals surface area contributed by atoms with E-state index in [2.05, 4.69) is 10.1 Å². The predicted molar refractivity (Wildman–Crippen MR) is 77.0 cm³/mol. The van der Waals surface area contributed by atoms with Gasteiger partial charge in [0.15, 0.2) is 15.7 Å². The van der Waals surface area contributed by atoms with E-state index in [1.54, 1.807) is 6.92 Å². The number of sulfone groups is 1. The van der Waals surface area contributed by atoms with E-state index in [1.165, 1.54) is 36.3 Å². The number of methoxy groups -OCH3 is 1. The molecule has 8 nitrogen and oxygen atoms in total. The summed E-state index contributed by atoms with van der Waals surface area (Å²) in [4.78, 5) is 15.9. The lowest BCUT2D eigenvalue weighted by Gasteiger charge is -2.07. The third kappa shape index (κ3) is 3.08. The summed E-state index contributed by atoms with van der Waals surface area (Å²) in [5, 5.41) is 4.03. The number of pyridine rings is 1. The summed E-state index contributed by atoms with van der Waals surface area (Å²) in [5.74, 6) is -0.0730. The fourth-order valence-corrected chi connectivity index (χ4v) is 2.32. The number of aromatic nitrogens is 3. The molecule has 0 saturated heterocycles. The molecule has 2 rings (SSSR count). The van der Waals surface area contributed by atoms with Crippen molar-refractivity contribution in [1.29, 1.82) is 0 Å². The molecule has 0 aliphatic carbocycles. The highest BCUT2D eigenvalue weighted by Crippen LogP contribution is 2.22. The Kier molecular flexibility index (Phi) is 4.45. The minimum Gasteiger partial charge on any atom is -0.480 e. The average Bonchev–Trinajstić information content (AvgIpc) is 2.90. The van der Waals surface area contributed by atoms with Crippen LogP contribution in [0.2, 0.25) is 0 Å². The molecule has 0 atom stereocenters. The SMILES string of the molecule is CCOC(=O)c1cnn(-c2ccc(S(C)(=O)=O)cn2)c1OC. The predicted octanol–water partition coefficient (Wildman–Crippen LogP) is 0.856. The van der Waals surface area contributed by atoms with Crippen LogP contribution in [0.25, 0.3) is 5.82 Å². The summed E-state index contributed by atoms with van der Waals surface area (Å²) in [5.41, 5.74) is 0.165. The Morgan fingerprint density at radius 2 is 2.05 bits per heavy atom. The van der Waals surface area contributed by atoms with Gasteiger partial charge in [0.2, 0.25) is 5.88 Å². The fraction of sp³-hybridized carbons (Fsp3) is 0.308. The third-order valence-corrected chi connectivity index (χ3v) is 3.88. The van der Waals surface area contributed by atoms with Crippen molar-refractivity contribution < 1.29 is 22.7 Å². The molecule has 0 aromatic carbocycles. The van der Waals surface area contributed by atoms with Gasteiger partial charge in [0.05, 0.1) is 24.8 Å². The Morgan fingerprint density at radius 1 is 1.32 bits per heavy atom. The first kappa shape index (κ1) is 16.0. The largest absolute Gasteiger partial charge is 0.480 e. The van der Waals surface area contributed by atoms with Crippen molar-refractivity contribution in [2.24, 2.45) is 0 Å². The Bertz CT molecular complexity index is 781. The third-order valence-electron chi connectivity index (χ3n) is 2.78. The molecule has 0 fully saturated rings. The molecule has 0 aliphatic rings. The molecule has 0 unspecified atom stereocenters. The summed E-state index contributed by atoms with van der Waals surface area (Å²) in [6.07, 6.45) is 3.62. The van der Waals surface area contributed by atoms with E-state index in [1.807, 2.05) is 0 Å². The molecule has 0 radical (unpaired) electrons. The summed E-state index contributed by atoms with van der Waals surface area (Å²) >= 11 is 0. The maximum absolute atomic E-state index is 11.8. The highest BCUT2D eigenvalue weighted by Gasteiger charge is 2.21. The lowest BCUT2D eigenvalue weighted by Crippen LogP contribution is -2.08. The van der Waals surface area contributed by atoms with Crippen LogP contribution in [-0.2, 0) is 14.6 Å². The fourth-order valence-electron chi connectivity index (χ4n) is 1.76. The number of nitrogens with zero attached hydrogens (tertiary/aromatic N) is 3. The topological polar surface area (TPSA) is 100 Å². The number of rotatable bonds is 5. The van der Waals surface area contributed by atoms with Crippen LogP contribution in [-0.4, -0.2) is 49.1 Å². The lowest BCUT2D eigenvalue weighted by atomic mass is 10.3. The van der Waals surface area contributed by atoms with Crippen LogP contribution < -0.4 is 4.74 Å². The molecule has 0 aliphatic heterocycles. The monoisotopic (exact) mass is 325 g/mol. The molecule has 0 bridgehead atoms. The number of hydrogen-bond acceptors (Lipinski definition) is 7. The Balaban J connectivity index is 2.43. The molecule has 2 aromatic rings. The van der Waals surface area contributed by atoms with Gasteiger partial charge in [-0.05, 0) is 19.1 Å². The maximum Gasteiger partial charge on any atom is 0.345 e. The van der Waals surface area contributed by atoms with Crippen LogP contribution in [0.1, 0.15) is 17.3 Å². The Hall–Kier alpha value is -2.42. The molecule has 0 spiro atoms. The van der Waals surface area contributed by atoms with E-state index in [-0.39, 0.29) is 22.9 Å². The first-order chi connectivity index (χ1) is 10.4. The normalized spacial score (nSPS) is 11.2. The molecule has 0 saturated carbocycles. The zero-order valence-corrected chi connectivity index (χ0v) is 13.1. The summed E-state index contributed by atoms with van der Waals surface area (Å²) in [7, 11) is -1.94. The standard InChI is InChI=1S/C13H15N3O5S/c1-4-21-13(17)10-8-15-16(12(10)20-2)11-6-5-9(7-14-11)22(3,18)19/h5-8H,4H2,1-3H3. The van der Waals surface area contributed by atoms with Gasteiger partial charge in [-0.15, -0.1) is 0 Å². The van der Waals surface area contributed by atoms with Gasteiger partial charge in [0, 0.05) is 12.5 Å². The number of ether oxygens (including phenoxy) is 2. The van der Waals surface area contributed by atoms with Crippen molar-refractivity contribution in [3.05, 3.63) is 30.1 Å². The van der Waals surface area contributed by atoms with E-state index >= 15 is 0 Å². The molecular weight excluding hydrogens is 310 g/mol. The molecule has 9 heteroatoms. The molecule has 118 valence electrons. The van der Waals surface area contributed by atoms with Gasteiger partial charge in [-0.2, -0.15) is 9.78 Å². The van der Waals surface area contributed by atoms with Crippen LogP contribution >= 0.6 is 0 Å². The second kappa shape index (κ2) is 6.14. The highest BCUT2D eigenvalue weighted by atomic mass is 32.2. The summed E-state index contributed by atoms with van der Waals surface area (Å²) in [6, 6.07) is 2.88. The van der Waals surface area contributed by atoms with Crippen LogP contribution in [0, 0.1) is 0 Å². The first-order valence-electron chi connectivity index (χ1n) is 6.34. The minimum absolute atomic E-state index is 0.0907. The molecule has 2 heterocycles. The van der Waals surface area contributed by atoms with Crippen molar-refractivity contribution in [3.63, 3.8) is 0 Å². The van der Waals surface area contributed by atoms with E-state index in [4.69, 9.17) is 9.47 Å². The van der Waals surface area contributed by atoms with Crippen LogP contribution in [0.5, 0.6) is 5.88 Å². The van der Waals surface area contributed by atoms with E-state index < -0.39 is 15.8 Å². The van der Waals surface area contributed by atoms with Crippen molar-refractivity contribution in [1.82, 2.24) is 14.8 Å². The average molecular weight is 325 g/mol. The van der Waals surface area contributed by atoms with Gasteiger partial charge in [0.25, 0.3) is 0 Å².